The highest BCUT2D eigenvalue weighted by molar-refractivity contribution is 5.72. The molecule has 0 fully saturated rings. The summed E-state index contributed by atoms with van der Waals surface area (Å²) in [4.78, 5) is 20.1. The first-order valence-corrected chi connectivity index (χ1v) is 11.5. The van der Waals surface area contributed by atoms with E-state index >= 15 is 0 Å². The van der Waals surface area contributed by atoms with Crippen molar-refractivity contribution in [2.75, 3.05) is 28.8 Å². The van der Waals surface area contributed by atoms with Crippen LogP contribution in [0.3, 0.4) is 0 Å². The number of carbonyl (C=O) groups excluding carboxylic acids is 1. The topological polar surface area (TPSA) is 101 Å². The van der Waals surface area contributed by atoms with Crippen LogP contribution in [0.25, 0.3) is 0 Å². The van der Waals surface area contributed by atoms with E-state index in [1.165, 1.54) is 0 Å². The molecule has 3 aromatic rings. The molecule has 2 aromatic carbocycles. The van der Waals surface area contributed by atoms with Gasteiger partial charge in [-0.05, 0) is 50.6 Å². The average molecular weight is 481 g/mol. The van der Waals surface area contributed by atoms with Crippen LogP contribution >= 0.6 is 0 Å². The van der Waals surface area contributed by atoms with Gasteiger partial charge in [0.15, 0.2) is 11.6 Å². The van der Waals surface area contributed by atoms with Crippen LogP contribution in [0.15, 0.2) is 48.7 Å². The molecule has 0 saturated heterocycles. The quantitative estimate of drug-likeness (QED) is 0.358. The van der Waals surface area contributed by atoms with Crippen LogP contribution in [0, 0.1) is 5.82 Å². The number of hydrogen-bond acceptors (Lipinski definition) is 9. The highest BCUT2D eigenvalue weighted by atomic mass is 19.1. The maximum Gasteiger partial charge on any atom is 0.307 e. The Labute approximate surface area is 203 Å². The van der Waals surface area contributed by atoms with E-state index in [1.54, 1.807) is 6.92 Å². The van der Waals surface area contributed by atoms with E-state index in [0.29, 0.717) is 36.8 Å². The first-order valence-electron chi connectivity index (χ1n) is 11.5. The fraction of sp³-hybridized carbons (Fsp3) is 0.320. The second-order valence-electron chi connectivity index (χ2n) is 8.19. The number of anilines is 5. The summed E-state index contributed by atoms with van der Waals surface area (Å²) in [7, 11) is 0. The summed E-state index contributed by atoms with van der Waals surface area (Å²) in [5.74, 6) is 0.0841. The van der Waals surface area contributed by atoms with Crippen molar-refractivity contribution in [3.05, 3.63) is 60.0 Å². The number of ether oxygens (including phenoxy) is 2. The summed E-state index contributed by atoms with van der Waals surface area (Å²) in [5, 5.41) is 8.03. The van der Waals surface area contributed by atoms with E-state index in [-0.39, 0.29) is 30.3 Å². The molecule has 1 aromatic heterocycles. The van der Waals surface area contributed by atoms with Gasteiger partial charge in [0, 0.05) is 18.8 Å². The highest BCUT2D eigenvalue weighted by Crippen LogP contribution is 2.31. The largest absolute Gasteiger partial charge is 0.489 e. The number of halogens is 1. The molecule has 0 spiro atoms. The lowest BCUT2D eigenvalue weighted by Crippen LogP contribution is -2.34. The number of nitrogens with zero attached hydrogens (tertiary/aromatic N) is 3. The number of carbonyl (C=O) groups is 1. The Kier molecular flexibility index (Phi) is 7.61. The molecule has 35 heavy (non-hydrogen) atoms. The molecule has 1 aliphatic heterocycles. The van der Waals surface area contributed by atoms with E-state index in [1.807, 2.05) is 61.3 Å². The number of fused-ring (bicyclic) bond motifs is 1. The molecule has 0 amide bonds. The molecule has 4 rings (SSSR count). The smallest absolute Gasteiger partial charge is 0.307 e. The number of esters is 1. The summed E-state index contributed by atoms with van der Waals surface area (Å²) in [6.07, 6.45) is 1.37. The molecule has 184 valence electrons. The Hall–Kier alpha value is -3.92. The maximum absolute atomic E-state index is 14.6. The third kappa shape index (κ3) is 6.15. The predicted octanol–water partition coefficient (Wildman–Crippen LogP) is 4.67. The molecule has 0 aliphatic carbocycles. The molecular formula is C25H29FN6O3. The van der Waals surface area contributed by atoms with E-state index in [0.717, 1.165) is 17.4 Å². The molecule has 3 N–H and O–H groups in total. The fourth-order valence-corrected chi connectivity index (χ4v) is 3.64. The zero-order valence-corrected chi connectivity index (χ0v) is 20.0. The molecule has 1 aliphatic rings. The zero-order chi connectivity index (χ0) is 24.8. The van der Waals surface area contributed by atoms with Gasteiger partial charge in [-0.3, -0.25) is 4.79 Å². The van der Waals surface area contributed by atoms with Crippen LogP contribution < -0.4 is 25.8 Å². The minimum absolute atomic E-state index is 0.00420. The van der Waals surface area contributed by atoms with Gasteiger partial charge in [-0.15, -0.1) is 0 Å². The average Bonchev–Trinajstić information content (AvgIpc) is 3.23. The second-order valence-corrected chi connectivity index (χ2v) is 8.19. The summed E-state index contributed by atoms with van der Waals surface area (Å²) in [6.45, 7) is 7.13. The minimum Gasteiger partial charge on any atom is -0.489 e. The standard InChI is InChI=1S/C25H29FN6O3/c1-4-34-23(33)11-12-32-21-13-18(10-9-17(21)14-28-32)29-24-19(26)15-27-25(31-24)30-20-7-5-6-8-22(20)35-16(2)3/h5-10,13,15-16,28H,4,11-12,14H2,1-3H3,(H2,27,29,30,31). The number of hydrazine groups is 1. The van der Waals surface area contributed by atoms with Crippen molar-refractivity contribution < 1.29 is 18.7 Å². The van der Waals surface area contributed by atoms with Gasteiger partial charge in [-0.1, -0.05) is 18.2 Å². The van der Waals surface area contributed by atoms with Gasteiger partial charge in [0.1, 0.15) is 5.75 Å². The Morgan fingerprint density at radius 3 is 2.86 bits per heavy atom. The summed E-state index contributed by atoms with van der Waals surface area (Å²) in [6, 6.07) is 13.1. The summed E-state index contributed by atoms with van der Waals surface area (Å²) in [5.41, 5.74) is 6.57. The number of rotatable bonds is 10. The van der Waals surface area contributed by atoms with Gasteiger partial charge in [-0.2, -0.15) is 4.98 Å². The Balaban J connectivity index is 1.49. The molecule has 0 atom stereocenters. The van der Waals surface area contributed by atoms with E-state index in [2.05, 4.69) is 26.0 Å². The van der Waals surface area contributed by atoms with E-state index in [4.69, 9.17) is 9.47 Å². The first kappa shape index (κ1) is 24.2. The van der Waals surface area contributed by atoms with Gasteiger partial charge < -0.3 is 25.1 Å². The van der Waals surface area contributed by atoms with Crippen LogP contribution in [0.1, 0.15) is 32.8 Å². The van der Waals surface area contributed by atoms with Crippen molar-refractivity contribution in [3.63, 3.8) is 0 Å². The molecule has 2 heterocycles. The number of para-hydroxylation sites is 2. The molecule has 10 heteroatoms. The van der Waals surface area contributed by atoms with Gasteiger partial charge in [0.2, 0.25) is 5.95 Å². The molecule has 0 unspecified atom stereocenters. The van der Waals surface area contributed by atoms with E-state index < -0.39 is 5.82 Å². The molecule has 0 bridgehead atoms. The monoisotopic (exact) mass is 480 g/mol. The third-order valence-corrected chi connectivity index (χ3v) is 5.18. The first-order chi connectivity index (χ1) is 16.9. The SMILES string of the molecule is CCOC(=O)CCN1NCc2ccc(Nc3nc(Nc4ccccc4OC(C)C)ncc3F)cc21. The molecule has 0 radical (unpaired) electrons. The Bertz CT molecular complexity index is 1190. The van der Waals surface area contributed by atoms with Crippen LogP contribution in [-0.4, -0.2) is 35.2 Å². The van der Waals surface area contributed by atoms with Crippen molar-refractivity contribution in [2.24, 2.45) is 0 Å². The Morgan fingerprint density at radius 1 is 1.23 bits per heavy atom. The second kappa shape index (κ2) is 11.0. The van der Waals surface area contributed by atoms with E-state index in [9.17, 15) is 9.18 Å². The molecule has 0 saturated carbocycles. The predicted molar refractivity (Wildman–Crippen MR) is 133 cm³/mol. The lowest BCUT2D eigenvalue weighted by molar-refractivity contribution is -0.142. The normalized spacial score (nSPS) is 12.4. The summed E-state index contributed by atoms with van der Waals surface area (Å²) >= 11 is 0. The van der Waals surface area contributed by atoms with Crippen molar-refractivity contribution in [1.82, 2.24) is 15.4 Å². The lowest BCUT2D eigenvalue weighted by Gasteiger charge is -2.19. The fourth-order valence-electron chi connectivity index (χ4n) is 3.64. The van der Waals surface area contributed by atoms with Crippen LogP contribution in [0.2, 0.25) is 0 Å². The third-order valence-electron chi connectivity index (χ3n) is 5.18. The van der Waals surface area contributed by atoms with Crippen molar-refractivity contribution in [2.45, 2.75) is 39.8 Å². The zero-order valence-electron chi connectivity index (χ0n) is 20.0. The minimum atomic E-state index is -0.583. The Morgan fingerprint density at radius 2 is 2.06 bits per heavy atom. The molecular weight excluding hydrogens is 451 g/mol. The number of benzene rings is 2. The highest BCUT2D eigenvalue weighted by Gasteiger charge is 2.20. The van der Waals surface area contributed by atoms with Gasteiger partial charge >= 0.3 is 5.97 Å². The van der Waals surface area contributed by atoms with Crippen LogP contribution in [0.5, 0.6) is 5.75 Å². The molecule has 9 nitrogen and oxygen atoms in total. The van der Waals surface area contributed by atoms with Crippen molar-refractivity contribution >= 4 is 34.8 Å². The summed E-state index contributed by atoms with van der Waals surface area (Å²) < 4.78 is 25.4. The lowest BCUT2D eigenvalue weighted by atomic mass is 10.1. The number of aromatic nitrogens is 2. The van der Waals surface area contributed by atoms with Crippen LogP contribution in [-0.2, 0) is 16.1 Å². The van der Waals surface area contributed by atoms with Gasteiger partial charge in [0.05, 0.1) is 36.7 Å². The maximum atomic E-state index is 14.6. The van der Waals surface area contributed by atoms with Crippen LogP contribution in [0.4, 0.5) is 33.2 Å². The van der Waals surface area contributed by atoms with Crippen molar-refractivity contribution in [3.8, 4) is 5.75 Å². The van der Waals surface area contributed by atoms with Crippen molar-refractivity contribution in [1.29, 1.82) is 0 Å². The number of hydrogen-bond donors (Lipinski definition) is 3. The van der Waals surface area contributed by atoms with Gasteiger partial charge in [-0.25, -0.2) is 14.8 Å². The number of nitrogens with one attached hydrogen (secondary N) is 3. The van der Waals surface area contributed by atoms with Gasteiger partial charge in [0.25, 0.3) is 0 Å².